The molecule has 1 heterocycles. The zero-order valence-corrected chi connectivity index (χ0v) is 9.62. The first-order chi connectivity index (χ1) is 7.18. The summed E-state index contributed by atoms with van der Waals surface area (Å²) in [5.41, 5.74) is 0. The number of nitrogens with one attached hydrogen (secondary N) is 1. The third kappa shape index (κ3) is 5.62. The molecule has 1 atom stereocenters. The summed E-state index contributed by atoms with van der Waals surface area (Å²) in [5, 5.41) is 3.28. The van der Waals surface area contributed by atoms with Crippen LogP contribution in [0, 0.1) is 11.8 Å². The van der Waals surface area contributed by atoms with Crippen LogP contribution in [0.15, 0.2) is 0 Å². The van der Waals surface area contributed by atoms with Crippen LogP contribution in [0.25, 0.3) is 0 Å². The predicted octanol–water partition coefficient (Wildman–Crippen LogP) is 1.80. The van der Waals surface area contributed by atoms with Gasteiger partial charge in [0.1, 0.15) is 0 Å². The molecule has 0 aromatic heterocycles. The molecule has 0 aromatic rings. The zero-order chi connectivity index (χ0) is 11.1. The molecule has 4 nitrogen and oxygen atoms in total. The Morgan fingerprint density at radius 3 is 2.87 bits per heavy atom. The van der Waals surface area contributed by atoms with E-state index in [-0.39, 0.29) is 0 Å². The van der Waals surface area contributed by atoms with Gasteiger partial charge < -0.3 is 14.8 Å². The van der Waals surface area contributed by atoms with E-state index in [2.05, 4.69) is 5.32 Å². The third-order valence-corrected chi connectivity index (χ3v) is 2.37. The molecule has 1 saturated heterocycles. The van der Waals surface area contributed by atoms with Crippen LogP contribution in [0.2, 0.25) is 0 Å². The van der Waals surface area contributed by atoms with Crippen molar-refractivity contribution in [3.8, 4) is 0 Å². The highest BCUT2D eigenvalue weighted by molar-refractivity contribution is 5.59. The Morgan fingerprint density at radius 1 is 1.47 bits per heavy atom. The first-order valence-electron chi connectivity index (χ1n) is 5.68. The summed E-state index contributed by atoms with van der Waals surface area (Å²) in [6.45, 7) is 6.92. The van der Waals surface area contributed by atoms with Crippen LogP contribution in [0.5, 0.6) is 0 Å². The van der Waals surface area contributed by atoms with Gasteiger partial charge in [-0.1, -0.05) is 13.8 Å². The van der Waals surface area contributed by atoms with E-state index in [1.807, 2.05) is 13.8 Å². The average Bonchev–Trinajstić information content (AvgIpc) is 2.25. The van der Waals surface area contributed by atoms with Crippen molar-refractivity contribution in [3.63, 3.8) is 0 Å². The fraction of sp³-hybridized carbons (Fsp3) is 0.909. The molecule has 0 bridgehead atoms. The van der Waals surface area contributed by atoms with Gasteiger partial charge in [0.15, 0.2) is 0 Å². The normalized spacial score (nSPS) is 21.4. The van der Waals surface area contributed by atoms with Gasteiger partial charge in [-0.05, 0) is 25.3 Å². The minimum absolute atomic E-state index is 0.355. The zero-order valence-electron chi connectivity index (χ0n) is 9.62. The third-order valence-electron chi connectivity index (χ3n) is 2.37. The number of piperidine rings is 1. The molecule has 0 saturated carbocycles. The summed E-state index contributed by atoms with van der Waals surface area (Å²) >= 11 is 0. The second-order valence-electron chi connectivity index (χ2n) is 4.48. The average molecular weight is 215 g/mol. The Balaban J connectivity index is 2.05. The number of carbonyl (C=O) groups is 1. The van der Waals surface area contributed by atoms with E-state index in [4.69, 9.17) is 9.47 Å². The molecule has 1 unspecified atom stereocenters. The second kappa shape index (κ2) is 6.67. The smallest absolute Gasteiger partial charge is 0.434 e. The molecular formula is C11H21NO3. The summed E-state index contributed by atoms with van der Waals surface area (Å²) in [4.78, 5) is 11.1. The van der Waals surface area contributed by atoms with Crippen molar-refractivity contribution in [2.75, 3.05) is 26.3 Å². The first kappa shape index (κ1) is 12.3. The molecular weight excluding hydrogens is 194 g/mol. The van der Waals surface area contributed by atoms with Gasteiger partial charge in [-0.3, -0.25) is 0 Å². The van der Waals surface area contributed by atoms with E-state index in [1.54, 1.807) is 0 Å². The van der Waals surface area contributed by atoms with Crippen molar-refractivity contribution in [2.45, 2.75) is 26.7 Å². The van der Waals surface area contributed by atoms with E-state index in [0.717, 1.165) is 25.9 Å². The molecule has 0 amide bonds. The van der Waals surface area contributed by atoms with Gasteiger partial charge in [0, 0.05) is 12.5 Å². The molecule has 0 spiro atoms. The summed E-state index contributed by atoms with van der Waals surface area (Å²) in [7, 11) is 0. The lowest BCUT2D eigenvalue weighted by atomic mass is 10.0. The lowest BCUT2D eigenvalue weighted by molar-refractivity contribution is 0.0349. The lowest BCUT2D eigenvalue weighted by Crippen LogP contribution is -2.33. The van der Waals surface area contributed by atoms with Gasteiger partial charge >= 0.3 is 6.16 Å². The van der Waals surface area contributed by atoms with Gasteiger partial charge in [0.25, 0.3) is 0 Å². The van der Waals surface area contributed by atoms with Gasteiger partial charge in [-0.15, -0.1) is 0 Å². The van der Waals surface area contributed by atoms with Crippen molar-refractivity contribution in [1.82, 2.24) is 5.32 Å². The van der Waals surface area contributed by atoms with Crippen LogP contribution < -0.4 is 5.32 Å². The standard InChI is InChI=1S/C11H21NO3/c1-9(2)7-14-11(13)15-8-10-4-3-5-12-6-10/h9-10,12H,3-8H2,1-2H3. The fourth-order valence-corrected chi connectivity index (χ4v) is 1.53. The molecule has 1 aliphatic rings. The largest absolute Gasteiger partial charge is 0.508 e. The SMILES string of the molecule is CC(C)COC(=O)OCC1CCCNC1. The van der Waals surface area contributed by atoms with Crippen molar-refractivity contribution >= 4 is 6.16 Å². The van der Waals surface area contributed by atoms with E-state index < -0.39 is 6.16 Å². The van der Waals surface area contributed by atoms with Crippen molar-refractivity contribution < 1.29 is 14.3 Å². The Morgan fingerprint density at radius 2 is 2.27 bits per heavy atom. The molecule has 0 aliphatic carbocycles. The fourth-order valence-electron chi connectivity index (χ4n) is 1.53. The summed E-state index contributed by atoms with van der Waals surface area (Å²) < 4.78 is 9.94. The Kier molecular flexibility index (Phi) is 5.47. The topological polar surface area (TPSA) is 47.6 Å². The molecule has 1 aliphatic heterocycles. The Bertz CT molecular complexity index is 188. The van der Waals surface area contributed by atoms with Gasteiger partial charge in [-0.2, -0.15) is 0 Å². The van der Waals surface area contributed by atoms with E-state index in [9.17, 15) is 4.79 Å². The number of hydrogen-bond donors (Lipinski definition) is 1. The highest BCUT2D eigenvalue weighted by Gasteiger charge is 2.15. The maximum atomic E-state index is 11.1. The number of ether oxygens (including phenoxy) is 2. The molecule has 4 heteroatoms. The van der Waals surface area contributed by atoms with Crippen LogP contribution in [0.1, 0.15) is 26.7 Å². The predicted molar refractivity (Wildman–Crippen MR) is 57.7 cm³/mol. The second-order valence-corrected chi connectivity index (χ2v) is 4.48. The van der Waals surface area contributed by atoms with Crippen molar-refractivity contribution in [1.29, 1.82) is 0 Å². The maximum Gasteiger partial charge on any atom is 0.508 e. The molecule has 1 rings (SSSR count). The van der Waals surface area contributed by atoms with Crippen molar-refractivity contribution in [2.24, 2.45) is 11.8 Å². The quantitative estimate of drug-likeness (QED) is 0.726. The minimum atomic E-state index is -0.533. The van der Waals surface area contributed by atoms with Gasteiger partial charge in [0.2, 0.25) is 0 Å². The molecule has 1 fully saturated rings. The van der Waals surface area contributed by atoms with Gasteiger partial charge in [-0.25, -0.2) is 4.79 Å². The molecule has 88 valence electrons. The lowest BCUT2D eigenvalue weighted by Gasteiger charge is -2.22. The van der Waals surface area contributed by atoms with Crippen molar-refractivity contribution in [3.05, 3.63) is 0 Å². The highest BCUT2D eigenvalue weighted by atomic mass is 16.7. The molecule has 1 N–H and O–H groups in total. The number of rotatable bonds is 4. The Hall–Kier alpha value is -0.770. The number of carbonyl (C=O) groups excluding carboxylic acids is 1. The maximum absolute atomic E-state index is 11.1. The highest BCUT2D eigenvalue weighted by Crippen LogP contribution is 2.10. The summed E-state index contributed by atoms with van der Waals surface area (Å²) in [6.07, 6.45) is 1.76. The first-order valence-corrected chi connectivity index (χ1v) is 5.68. The monoisotopic (exact) mass is 215 g/mol. The molecule has 0 aromatic carbocycles. The summed E-state index contributed by atoms with van der Waals surface area (Å²) in [6, 6.07) is 0. The molecule has 0 radical (unpaired) electrons. The number of hydrogen-bond acceptors (Lipinski definition) is 4. The van der Waals surface area contributed by atoms with Gasteiger partial charge in [0.05, 0.1) is 13.2 Å². The van der Waals surface area contributed by atoms with Crippen LogP contribution in [0.3, 0.4) is 0 Å². The van der Waals surface area contributed by atoms with E-state index in [0.29, 0.717) is 25.0 Å². The van der Waals surface area contributed by atoms with E-state index >= 15 is 0 Å². The van der Waals surface area contributed by atoms with Crippen LogP contribution in [-0.2, 0) is 9.47 Å². The molecule has 15 heavy (non-hydrogen) atoms. The Labute approximate surface area is 91.3 Å². The summed E-state index contributed by atoms with van der Waals surface area (Å²) in [5.74, 6) is 0.805. The van der Waals surface area contributed by atoms with Crippen LogP contribution in [-0.4, -0.2) is 32.5 Å². The van der Waals surface area contributed by atoms with E-state index in [1.165, 1.54) is 0 Å². The van der Waals surface area contributed by atoms with Crippen LogP contribution in [0.4, 0.5) is 4.79 Å². The van der Waals surface area contributed by atoms with Crippen LogP contribution >= 0.6 is 0 Å². The minimum Gasteiger partial charge on any atom is -0.434 e.